The zero-order valence-electron chi connectivity index (χ0n) is 14.0. The summed E-state index contributed by atoms with van der Waals surface area (Å²) >= 11 is 0. The zero-order chi connectivity index (χ0) is 17.2. The van der Waals surface area contributed by atoms with Gasteiger partial charge in [0.1, 0.15) is 0 Å². The van der Waals surface area contributed by atoms with E-state index in [1.165, 1.54) is 0 Å². The number of carboxylic acids is 1. The fraction of sp³-hybridized carbons (Fsp3) is 0.778. The van der Waals surface area contributed by atoms with Crippen LogP contribution in [0.3, 0.4) is 0 Å². The van der Waals surface area contributed by atoms with Crippen molar-refractivity contribution in [3.63, 3.8) is 0 Å². The lowest BCUT2D eigenvalue weighted by Gasteiger charge is -2.51. The quantitative estimate of drug-likeness (QED) is 0.703. The summed E-state index contributed by atoms with van der Waals surface area (Å²) in [5.41, 5.74) is -0.112. The predicted molar refractivity (Wildman–Crippen MR) is 88.1 cm³/mol. The summed E-state index contributed by atoms with van der Waals surface area (Å²) in [4.78, 5) is 23.1. The third kappa shape index (κ3) is 3.77. The zero-order valence-corrected chi connectivity index (χ0v) is 14.0. The molecular weight excluding hydrogens is 306 g/mol. The van der Waals surface area contributed by atoms with Crippen molar-refractivity contribution in [3.8, 4) is 12.3 Å². The maximum atomic E-state index is 12.1. The van der Waals surface area contributed by atoms with E-state index in [1.54, 1.807) is 0 Å². The first-order valence-corrected chi connectivity index (χ1v) is 8.86. The molecule has 1 aliphatic heterocycles. The van der Waals surface area contributed by atoms with Crippen LogP contribution in [0.5, 0.6) is 0 Å². The molecule has 0 unspecified atom stereocenters. The second-order valence-corrected chi connectivity index (χ2v) is 7.67. The van der Waals surface area contributed by atoms with Crippen molar-refractivity contribution in [1.82, 2.24) is 5.32 Å². The summed E-state index contributed by atoms with van der Waals surface area (Å²) in [5, 5.41) is 20.3. The highest BCUT2D eigenvalue weighted by Crippen LogP contribution is 2.52. The Morgan fingerprint density at radius 2 is 1.88 bits per heavy atom. The molecule has 130 valence electrons. The average molecular weight is 331 g/mol. The van der Waals surface area contributed by atoms with Gasteiger partial charge in [-0.15, -0.1) is 12.3 Å². The lowest BCUT2D eigenvalue weighted by atomic mass is 9.57. The van der Waals surface area contributed by atoms with E-state index < -0.39 is 5.97 Å². The molecule has 2 aliphatic carbocycles. The molecule has 0 aromatic heterocycles. The van der Waals surface area contributed by atoms with Crippen molar-refractivity contribution in [3.05, 3.63) is 0 Å². The third-order valence-corrected chi connectivity index (χ3v) is 5.92. The number of amides is 1. The number of hydrogen-bond acceptors (Lipinski definition) is 4. The van der Waals surface area contributed by atoms with E-state index in [9.17, 15) is 9.59 Å². The molecule has 3 aliphatic rings. The Balaban J connectivity index is 1.34. The number of nitrogens with one attached hydrogen (secondary N) is 1. The van der Waals surface area contributed by atoms with Crippen LogP contribution in [0.15, 0.2) is 10.2 Å². The number of aliphatic carboxylic acids is 1. The first-order chi connectivity index (χ1) is 11.5. The lowest BCUT2D eigenvalue weighted by molar-refractivity contribution is -0.144. The topological polar surface area (TPSA) is 91.1 Å². The summed E-state index contributed by atoms with van der Waals surface area (Å²) in [6.07, 6.45) is 13.2. The largest absolute Gasteiger partial charge is 0.481 e. The van der Waals surface area contributed by atoms with E-state index in [0.29, 0.717) is 19.3 Å². The monoisotopic (exact) mass is 331 g/mol. The van der Waals surface area contributed by atoms with Gasteiger partial charge in [0.2, 0.25) is 5.91 Å². The van der Waals surface area contributed by atoms with Crippen molar-refractivity contribution in [2.45, 2.75) is 75.9 Å². The smallest absolute Gasteiger partial charge is 0.306 e. The molecule has 6 heteroatoms. The molecule has 0 saturated heterocycles. The Morgan fingerprint density at radius 3 is 2.42 bits per heavy atom. The fourth-order valence-corrected chi connectivity index (χ4v) is 4.25. The van der Waals surface area contributed by atoms with Gasteiger partial charge < -0.3 is 10.4 Å². The molecule has 1 heterocycles. The highest BCUT2D eigenvalue weighted by Gasteiger charge is 2.47. The average Bonchev–Trinajstić information content (AvgIpc) is 3.30. The SMILES string of the molecule is C#CCCC1(CCC(=O)NC2CC3(CCC(C(=O)O)CC3)C2)N=N1. The number of rotatable bonds is 7. The van der Waals surface area contributed by atoms with Crippen LogP contribution in [0.2, 0.25) is 0 Å². The molecule has 0 bridgehead atoms. The van der Waals surface area contributed by atoms with Crippen LogP contribution in [0.1, 0.15) is 64.2 Å². The van der Waals surface area contributed by atoms with Gasteiger partial charge in [-0.2, -0.15) is 10.2 Å². The fourth-order valence-electron chi connectivity index (χ4n) is 4.25. The summed E-state index contributed by atoms with van der Waals surface area (Å²) in [6, 6.07) is 0.244. The van der Waals surface area contributed by atoms with Crippen LogP contribution in [0.25, 0.3) is 0 Å². The Hall–Kier alpha value is -1.90. The van der Waals surface area contributed by atoms with Crippen LogP contribution < -0.4 is 5.32 Å². The van der Waals surface area contributed by atoms with E-state index in [4.69, 9.17) is 11.5 Å². The van der Waals surface area contributed by atoms with E-state index in [0.717, 1.165) is 44.9 Å². The molecule has 1 spiro atoms. The molecule has 1 amide bonds. The molecular formula is C18H25N3O3. The van der Waals surface area contributed by atoms with E-state index in [1.807, 2.05) is 0 Å². The number of nitrogens with zero attached hydrogens (tertiary/aromatic N) is 2. The maximum absolute atomic E-state index is 12.1. The van der Waals surface area contributed by atoms with Crippen molar-refractivity contribution < 1.29 is 14.7 Å². The van der Waals surface area contributed by atoms with Crippen LogP contribution in [0.4, 0.5) is 0 Å². The molecule has 0 aromatic carbocycles. The second kappa shape index (κ2) is 6.54. The van der Waals surface area contributed by atoms with Gasteiger partial charge in [0.25, 0.3) is 0 Å². The van der Waals surface area contributed by atoms with Crippen molar-refractivity contribution >= 4 is 11.9 Å². The Morgan fingerprint density at radius 1 is 1.21 bits per heavy atom. The summed E-state index contributed by atoms with van der Waals surface area (Å²) < 4.78 is 0. The highest BCUT2D eigenvalue weighted by atomic mass is 16.4. The van der Waals surface area contributed by atoms with Crippen LogP contribution >= 0.6 is 0 Å². The highest BCUT2D eigenvalue weighted by molar-refractivity contribution is 5.76. The summed E-state index contributed by atoms with van der Waals surface area (Å²) in [5.74, 6) is 1.81. The summed E-state index contributed by atoms with van der Waals surface area (Å²) in [6.45, 7) is 0. The molecule has 0 atom stereocenters. The minimum absolute atomic E-state index is 0.0615. The van der Waals surface area contributed by atoms with E-state index in [2.05, 4.69) is 21.5 Å². The van der Waals surface area contributed by atoms with Crippen molar-refractivity contribution in [1.29, 1.82) is 0 Å². The number of carboxylic acid groups (broad SMARTS) is 1. The van der Waals surface area contributed by atoms with Gasteiger partial charge in [0, 0.05) is 31.7 Å². The van der Waals surface area contributed by atoms with Crippen molar-refractivity contribution in [2.75, 3.05) is 0 Å². The number of carbonyl (C=O) groups is 2. The van der Waals surface area contributed by atoms with E-state index >= 15 is 0 Å². The Kier molecular flexibility index (Phi) is 4.62. The second-order valence-electron chi connectivity index (χ2n) is 7.67. The first kappa shape index (κ1) is 16.9. The van der Waals surface area contributed by atoms with Gasteiger partial charge in [-0.1, -0.05) is 0 Å². The van der Waals surface area contributed by atoms with Crippen LogP contribution in [-0.2, 0) is 9.59 Å². The normalized spacial score (nSPS) is 32.6. The molecule has 3 rings (SSSR count). The maximum Gasteiger partial charge on any atom is 0.306 e. The molecule has 0 radical (unpaired) electrons. The number of terminal acetylenes is 1. The molecule has 6 nitrogen and oxygen atoms in total. The number of carbonyl (C=O) groups excluding carboxylic acids is 1. The van der Waals surface area contributed by atoms with Gasteiger partial charge in [0.15, 0.2) is 5.66 Å². The van der Waals surface area contributed by atoms with E-state index in [-0.39, 0.29) is 28.9 Å². The lowest BCUT2D eigenvalue weighted by Crippen LogP contribution is -2.52. The summed E-state index contributed by atoms with van der Waals surface area (Å²) in [7, 11) is 0. The van der Waals surface area contributed by atoms with Gasteiger partial charge in [-0.05, 0) is 43.9 Å². The molecule has 24 heavy (non-hydrogen) atoms. The van der Waals surface area contributed by atoms with Crippen molar-refractivity contribution in [2.24, 2.45) is 21.6 Å². The molecule has 2 saturated carbocycles. The number of hydrogen-bond donors (Lipinski definition) is 2. The first-order valence-electron chi connectivity index (χ1n) is 8.86. The third-order valence-electron chi connectivity index (χ3n) is 5.92. The van der Waals surface area contributed by atoms with Gasteiger partial charge in [-0.25, -0.2) is 0 Å². The molecule has 2 fully saturated rings. The van der Waals surface area contributed by atoms with Crippen LogP contribution in [0, 0.1) is 23.7 Å². The van der Waals surface area contributed by atoms with Crippen LogP contribution in [-0.4, -0.2) is 28.7 Å². The van der Waals surface area contributed by atoms with Gasteiger partial charge in [0.05, 0.1) is 5.92 Å². The van der Waals surface area contributed by atoms with Gasteiger partial charge >= 0.3 is 5.97 Å². The minimum Gasteiger partial charge on any atom is -0.481 e. The molecule has 2 N–H and O–H groups in total. The standard InChI is InChI=1S/C18H25N3O3/c1-2-3-7-18(20-21-18)10-6-15(22)19-14-11-17(12-14)8-4-13(5-9-17)16(23)24/h1,13-14H,3-12H2,(H,19,22)(H,23,24). The Bertz CT molecular complexity index is 571. The van der Waals surface area contributed by atoms with Gasteiger partial charge in [-0.3, -0.25) is 9.59 Å². The predicted octanol–water partition coefficient (Wildman–Crippen LogP) is 2.88. The minimum atomic E-state index is -0.663. The Labute approximate surface area is 142 Å². The molecule has 0 aromatic rings.